The first kappa shape index (κ1) is 14.8. The second-order valence-corrected chi connectivity index (χ2v) is 3.01. The largest absolute Gasteiger partial charge is 0.463 e. The molecule has 0 aliphatic heterocycles. The van der Waals surface area contributed by atoms with Gasteiger partial charge in [-0.3, -0.25) is 14.9 Å². The van der Waals surface area contributed by atoms with Crippen LogP contribution in [0.1, 0.15) is 6.92 Å². The molecule has 0 unspecified atom stereocenters. The summed E-state index contributed by atoms with van der Waals surface area (Å²) in [4.78, 5) is 43.2. The van der Waals surface area contributed by atoms with E-state index in [1.54, 1.807) is 0 Å². The van der Waals surface area contributed by atoms with Crippen LogP contribution in [0, 0.1) is 10.1 Å². The van der Waals surface area contributed by atoms with E-state index in [0.717, 1.165) is 21.1 Å². The third-order valence-corrected chi connectivity index (χ3v) is 1.95. The molecule has 9 heteroatoms. The molecule has 1 N–H and O–H groups in total. The second kappa shape index (κ2) is 5.77. The molecule has 0 radical (unpaired) electrons. The van der Waals surface area contributed by atoms with Crippen molar-refractivity contribution in [3.63, 3.8) is 0 Å². The molecule has 0 bridgehead atoms. The smallest absolute Gasteiger partial charge is 0.426 e. The van der Waals surface area contributed by atoms with Crippen LogP contribution in [-0.4, -0.2) is 49.1 Å². The molecular weight excluding hydrogens is 236 g/mol. The number of ether oxygens (including phenoxy) is 2. The number of hydrogen-bond donors (Lipinski definition) is 1. The lowest BCUT2D eigenvalue weighted by Crippen LogP contribution is -2.61. The van der Waals surface area contributed by atoms with Crippen LogP contribution in [-0.2, 0) is 23.9 Å². The van der Waals surface area contributed by atoms with Crippen molar-refractivity contribution < 1.29 is 28.8 Å². The molecule has 0 aromatic rings. The van der Waals surface area contributed by atoms with Crippen LogP contribution in [0.25, 0.3) is 0 Å². The summed E-state index contributed by atoms with van der Waals surface area (Å²) >= 11 is 0. The third-order valence-electron chi connectivity index (χ3n) is 1.95. The summed E-state index contributed by atoms with van der Waals surface area (Å²) in [5.41, 5.74) is -2.78. The van der Waals surface area contributed by atoms with E-state index in [0.29, 0.717) is 0 Å². The summed E-state index contributed by atoms with van der Waals surface area (Å²) in [5, 5.41) is 12.9. The maximum Gasteiger partial charge on any atom is 0.426 e. The van der Waals surface area contributed by atoms with Crippen molar-refractivity contribution in [2.45, 2.75) is 12.5 Å². The lowest BCUT2D eigenvalue weighted by atomic mass is 10.0. The Morgan fingerprint density at radius 3 is 1.88 bits per heavy atom. The Morgan fingerprint density at radius 1 is 1.24 bits per heavy atom. The quantitative estimate of drug-likeness (QED) is 0.271. The number of nitro groups is 1. The van der Waals surface area contributed by atoms with Crippen molar-refractivity contribution in [3.05, 3.63) is 10.1 Å². The summed E-state index contributed by atoms with van der Waals surface area (Å²) in [5.74, 6) is -3.46. The van der Waals surface area contributed by atoms with Crippen LogP contribution in [0.3, 0.4) is 0 Å². The first-order chi connectivity index (χ1) is 7.82. The van der Waals surface area contributed by atoms with Gasteiger partial charge in [-0.05, 0) is 0 Å². The molecule has 0 heterocycles. The number of esters is 2. The summed E-state index contributed by atoms with van der Waals surface area (Å²) in [6.45, 7) is 0.244. The van der Waals surface area contributed by atoms with E-state index in [1.165, 1.54) is 0 Å². The molecule has 0 saturated heterocycles. The van der Waals surface area contributed by atoms with Gasteiger partial charge in [0.15, 0.2) is 0 Å². The van der Waals surface area contributed by atoms with Crippen molar-refractivity contribution >= 4 is 17.8 Å². The highest BCUT2D eigenvalue weighted by Crippen LogP contribution is 2.14. The zero-order chi connectivity index (χ0) is 13.6. The Morgan fingerprint density at radius 2 is 1.65 bits per heavy atom. The highest BCUT2D eigenvalue weighted by molar-refractivity contribution is 6.03. The SMILES string of the molecule is COC(=O)C(CNC(C)=O)(C(=O)OC)[N+](=O)[O-]. The van der Waals surface area contributed by atoms with Crippen LogP contribution in [0.4, 0.5) is 0 Å². The minimum absolute atomic E-state index is 0.635. The van der Waals surface area contributed by atoms with Crippen molar-refractivity contribution in [2.75, 3.05) is 20.8 Å². The van der Waals surface area contributed by atoms with Gasteiger partial charge in [0.1, 0.15) is 6.54 Å². The van der Waals surface area contributed by atoms with Gasteiger partial charge in [0.25, 0.3) is 0 Å². The van der Waals surface area contributed by atoms with E-state index >= 15 is 0 Å². The van der Waals surface area contributed by atoms with Crippen LogP contribution < -0.4 is 5.32 Å². The minimum atomic E-state index is -2.78. The van der Waals surface area contributed by atoms with Gasteiger partial charge in [0, 0.05) is 6.92 Å². The van der Waals surface area contributed by atoms with E-state index in [2.05, 4.69) is 9.47 Å². The molecule has 0 aromatic heterocycles. The first-order valence-electron chi connectivity index (χ1n) is 4.38. The fourth-order valence-electron chi connectivity index (χ4n) is 1.03. The fraction of sp³-hybridized carbons (Fsp3) is 0.625. The van der Waals surface area contributed by atoms with Gasteiger partial charge >= 0.3 is 17.5 Å². The number of rotatable bonds is 5. The van der Waals surface area contributed by atoms with E-state index in [1.807, 2.05) is 5.32 Å². The molecule has 9 nitrogen and oxygen atoms in total. The Bertz CT molecular complexity index is 336. The van der Waals surface area contributed by atoms with Crippen LogP contribution >= 0.6 is 0 Å². The number of methoxy groups -OCH3 is 2. The normalized spacial score (nSPS) is 10.3. The lowest BCUT2D eigenvalue weighted by Gasteiger charge is -2.19. The molecule has 0 spiro atoms. The zero-order valence-corrected chi connectivity index (χ0v) is 9.51. The van der Waals surface area contributed by atoms with Crippen molar-refractivity contribution in [3.8, 4) is 0 Å². The number of nitrogens with one attached hydrogen (secondary N) is 1. The van der Waals surface area contributed by atoms with Gasteiger partial charge in [0.2, 0.25) is 5.91 Å². The van der Waals surface area contributed by atoms with Crippen molar-refractivity contribution in [1.82, 2.24) is 5.32 Å². The van der Waals surface area contributed by atoms with Gasteiger partial charge in [-0.2, -0.15) is 0 Å². The Labute approximate surface area is 96.2 Å². The van der Waals surface area contributed by atoms with Crippen LogP contribution in [0.2, 0.25) is 0 Å². The summed E-state index contributed by atoms with van der Waals surface area (Å²) in [6, 6.07) is 0. The highest BCUT2D eigenvalue weighted by Gasteiger charge is 2.61. The van der Waals surface area contributed by atoms with E-state index in [9.17, 15) is 24.5 Å². The second-order valence-electron chi connectivity index (χ2n) is 3.01. The standard InChI is InChI=1S/C8H12N2O7/c1-5(11)9-4-8(10(14)15,6(12)16-2)7(13)17-3/h4H2,1-3H3,(H,9,11). The maximum atomic E-state index is 11.4. The molecule has 0 aliphatic carbocycles. The summed E-state index contributed by atoms with van der Waals surface area (Å²) < 4.78 is 8.40. The molecule has 0 aliphatic rings. The summed E-state index contributed by atoms with van der Waals surface area (Å²) in [6.07, 6.45) is 0. The molecule has 0 aromatic carbocycles. The predicted molar refractivity (Wildman–Crippen MR) is 52.4 cm³/mol. The van der Waals surface area contributed by atoms with Gasteiger partial charge < -0.3 is 14.8 Å². The number of carbonyl (C=O) groups is 3. The van der Waals surface area contributed by atoms with Gasteiger partial charge in [-0.25, -0.2) is 9.59 Å². The average Bonchev–Trinajstić information content (AvgIpc) is 2.27. The maximum absolute atomic E-state index is 11.4. The van der Waals surface area contributed by atoms with Crippen molar-refractivity contribution in [1.29, 1.82) is 0 Å². The third kappa shape index (κ3) is 2.89. The first-order valence-corrected chi connectivity index (χ1v) is 4.38. The molecule has 0 rings (SSSR count). The molecule has 0 fully saturated rings. The lowest BCUT2D eigenvalue weighted by molar-refractivity contribution is -0.539. The van der Waals surface area contributed by atoms with E-state index in [-0.39, 0.29) is 0 Å². The van der Waals surface area contributed by atoms with Crippen LogP contribution in [0.5, 0.6) is 0 Å². The summed E-state index contributed by atoms with van der Waals surface area (Å²) in [7, 11) is 1.77. The number of carbonyl (C=O) groups excluding carboxylic acids is 3. The Hall–Kier alpha value is -2.19. The topological polar surface area (TPSA) is 125 Å². The molecule has 0 atom stereocenters. The van der Waals surface area contributed by atoms with Gasteiger partial charge in [0.05, 0.1) is 19.1 Å². The Kier molecular flexibility index (Phi) is 5.03. The van der Waals surface area contributed by atoms with Crippen LogP contribution in [0.15, 0.2) is 0 Å². The molecule has 96 valence electrons. The number of hydrogen-bond acceptors (Lipinski definition) is 7. The fourth-order valence-corrected chi connectivity index (χ4v) is 1.03. The van der Waals surface area contributed by atoms with Gasteiger partial charge in [-0.15, -0.1) is 0 Å². The molecular formula is C8H12N2O7. The van der Waals surface area contributed by atoms with Crippen molar-refractivity contribution in [2.24, 2.45) is 0 Å². The predicted octanol–water partition coefficient (Wildman–Crippen LogP) is -1.52. The van der Waals surface area contributed by atoms with E-state index in [4.69, 9.17) is 0 Å². The number of amides is 1. The Balaban J connectivity index is 5.40. The highest BCUT2D eigenvalue weighted by atomic mass is 16.7. The zero-order valence-electron chi connectivity index (χ0n) is 9.51. The minimum Gasteiger partial charge on any atom is -0.463 e. The van der Waals surface area contributed by atoms with E-state index < -0.39 is 34.9 Å². The van der Waals surface area contributed by atoms with Gasteiger partial charge in [-0.1, -0.05) is 0 Å². The monoisotopic (exact) mass is 248 g/mol. The molecule has 17 heavy (non-hydrogen) atoms. The number of nitrogens with zero attached hydrogens (tertiary/aromatic N) is 1. The molecule has 0 saturated carbocycles. The molecule has 1 amide bonds. The average molecular weight is 248 g/mol.